The van der Waals surface area contributed by atoms with Crippen LogP contribution in [0.4, 0.5) is 23.1 Å². The van der Waals surface area contributed by atoms with E-state index in [0.717, 1.165) is 30.3 Å². The fraction of sp³-hybridized carbons (Fsp3) is 0.304. The highest BCUT2D eigenvalue weighted by molar-refractivity contribution is 7.92. The highest BCUT2D eigenvalue weighted by Gasteiger charge is 2.15. The molecule has 0 aliphatic carbocycles. The Morgan fingerprint density at radius 3 is 2.22 bits per heavy atom. The minimum absolute atomic E-state index is 0.166. The highest BCUT2D eigenvalue weighted by Crippen LogP contribution is 2.24. The molecule has 0 spiro atoms. The van der Waals surface area contributed by atoms with Gasteiger partial charge in [0.05, 0.1) is 12.0 Å². The molecule has 1 aliphatic rings. The molecular formula is C23H27N5O3S. The van der Waals surface area contributed by atoms with Crippen molar-refractivity contribution >= 4 is 33.2 Å². The second kappa shape index (κ2) is 9.44. The zero-order valence-electron chi connectivity index (χ0n) is 18.2. The van der Waals surface area contributed by atoms with E-state index in [2.05, 4.69) is 24.9 Å². The van der Waals surface area contributed by atoms with Crippen LogP contribution in [-0.2, 0) is 10.0 Å². The number of nitrogens with zero attached hydrogens (tertiary/aromatic N) is 3. The predicted molar refractivity (Wildman–Crippen MR) is 126 cm³/mol. The number of hydrogen-bond donors (Lipinski definition) is 2. The van der Waals surface area contributed by atoms with Gasteiger partial charge in [-0.1, -0.05) is 0 Å². The summed E-state index contributed by atoms with van der Waals surface area (Å²) in [5, 5.41) is 3.22. The van der Waals surface area contributed by atoms with Crippen LogP contribution in [0.1, 0.15) is 25.0 Å². The fourth-order valence-corrected chi connectivity index (χ4v) is 4.67. The summed E-state index contributed by atoms with van der Waals surface area (Å²) in [6, 6.07) is 15.2. The van der Waals surface area contributed by atoms with Gasteiger partial charge in [-0.15, -0.1) is 0 Å². The standard InChI is InChI=1S/C23H27N5O3S/c1-17-16-22(28-14-4-3-5-15-28)26-23(24-17)25-18-6-8-19(9-7-18)27-32(29,30)21-12-10-20(31-2)11-13-21/h6-13,16,27H,3-5,14-15H2,1-2H3,(H,24,25,26). The lowest BCUT2D eigenvalue weighted by atomic mass is 10.1. The van der Waals surface area contributed by atoms with Crippen LogP contribution in [0.5, 0.6) is 5.75 Å². The SMILES string of the molecule is COc1ccc(S(=O)(=O)Nc2ccc(Nc3nc(C)cc(N4CCCCC4)n3)cc2)cc1. The Morgan fingerprint density at radius 2 is 1.56 bits per heavy atom. The number of aryl methyl sites for hydroxylation is 1. The van der Waals surface area contributed by atoms with E-state index in [4.69, 9.17) is 4.74 Å². The normalized spacial score (nSPS) is 14.1. The molecule has 2 N–H and O–H groups in total. The number of piperidine rings is 1. The van der Waals surface area contributed by atoms with Crippen molar-refractivity contribution in [1.29, 1.82) is 0 Å². The molecule has 1 aromatic heterocycles. The van der Waals surface area contributed by atoms with Gasteiger partial charge in [0, 0.05) is 36.2 Å². The zero-order chi connectivity index (χ0) is 22.6. The molecule has 168 valence electrons. The summed E-state index contributed by atoms with van der Waals surface area (Å²) in [5.74, 6) is 2.06. The van der Waals surface area contributed by atoms with Gasteiger partial charge < -0.3 is 15.0 Å². The minimum Gasteiger partial charge on any atom is -0.497 e. The summed E-state index contributed by atoms with van der Waals surface area (Å²) in [5.41, 5.74) is 2.13. The van der Waals surface area contributed by atoms with E-state index in [9.17, 15) is 8.42 Å². The molecule has 9 heteroatoms. The fourth-order valence-electron chi connectivity index (χ4n) is 3.61. The molecular weight excluding hydrogens is 426 g/mol. The molecule has 1 aliphatic heterocycles. The first-order valence-corrected chi connectivity index (χ1v) is 12.1. The Bertz CT molecular complexity index is 1160. The Labute approximate surface area is 188 Å². The maximum Gasteiger partial charge on any atom is 0.261 e. The topological polar surface area (TPSA) is 96.5 Å². The maximum absolute atomic E-state index is 12.6. The number of methoxy groups -OCH3 is 1. The highest BCUT2D eigenvalue weighted by atomic mass is 32.2. The summed E-state index contributed by atoms with van der Waals surface area (Å²) in [6.07, 6.45) is 3.62. The first-order chi connectivity index (χ1) is 15.4. The molecule has 0 bridgehead atoms. The van der Waals surface area contributed by atoms with E-state index in [-0.39, 0.29) is 4.90 Å². The lowest BCUT2D eigenvalue weighted by Crippen LogP contribution is -2.30. The molecule has 0 atom stereocenters. The van der Waals surface area contributed by atoms with Crippen LogP contribution < -0.4 is 19.7 Å². The summed E-state index contributed by atoms with van der Waals surface area (Å²) < 4.78 is 32.9. The van der Waals surface area contributed by atoms with Crippen LogP contribution in [0, 0.1) is 6.92 Å². The molecule has 3 aromatic rings. The van der Waals surface area contributed by atoms with Gasteiger partial charge in [0.25, 0.3) is 10.0 Å². The third-order valence-corrected chi connectivity index (χ3v) is 6.68. The largest absolute Gasteiger partial charge is 0.497 e. The summed E-state index contributed by atoms with van der Waals surface area (Å²) >= 11 is 0. The van der Waals surface area contributed by atoms with Gasteiger partial charge in [-0.05, 0) is 74.7 Å². The lowest BCUT2D eigenvalue weighted by Gasteiger charge is -2.28. The summed E-state index contributed by atoms with van der Waals surface area (Å²) in [4.78, 5) is 11.6. The predicted octanol–water partition coefficient (Wildman–Crippen LogP) is 4.33. The third-order valence-electron chi connectivity index (χ3n) is 5.28. The quantitative estimate of drug-likeness (QED) is 0.550. The Hall–Kier alpha value is -3.33. The van der Waals surface area contributed by atoms with Gasteiger partial charge in [0.2, 0.25) is 5.95 Å². The van der Waals surface area contributed by atoms with Crippen LogP contribution in [0.15, 0.2) is 59.5 Å². The van der Waals surface area contributed by atoms with Crippen molar-refractivity contribution < 1.29 is 13.2 Å². The van der Waals surface area contributed by atoms with Crippen molar-refractivity contribution in [2.75, 3.05) is 35.1 Å². The van der Waals surface area contributed by atoms with E-state index >= 15 is 0 Å². The Kier molecular flexibility index (Phi) is 6.45. The van der Waals surface area contributed by atoms with Crippen LogP contribution >= 0.6 is 0 Å². The maximum atomic E-state index is 12.6. The number of sulfonamides is 1. The first kappa shape index (κ1) is 21.9. The van der Waals surface area contributed by atoms with Crippen molar-refractivity contribution in [2.45, 2.75) is 31.1 Å². The van der Waals surface area contributed by atoms with Gasteiger partial charge >= 0.3 is 0 Å². The van der Waals surface area contributed by atoms with Crippen molar-refractivity contribution in [2.24, 2.45) is 0 Å². The minimum atomic E-state index is -3.69. The molecule has 32 heavy (non-hydrogen) atoms. The third kappa shape index (κ3) is 5.28. The van der Waals surface area contributed by atoms with E-state index < -0.39 is 10.0 Å². The lowest BCUT2D eigenvalue weighted by molar-refractivity contribution is 0.414. The van der Waals surface area contributed by atoms with E-state index in [1.54, 1.807) is 36.4 Å². The molecule has 1 saturated heterocycles. The summed E-state index contributed by atoms with van der Waals surface area (Å²) in [7, 11) is -2.15. The van der Waals surface area contributed by atoms with Gasteiger partial charge in [-0.25, -0.2) is 13.4 Å². The van der Waals surface area contributed by atoms with Crippen molar-refractivity contribution in [3.8, 4) is 5.75 Å². The van der Waals surface area contributed by atoms with Crippen LogP contribution in [0.2, 0.25) is 0 Å². The number of rotatable bonds is 7. The van der Waals surface area contributed by atoms with Gasteiger partial charge in [0.1, 0.15) is 11.6 Å². The van der Waals surface area contributed by atoms with Gasteiger partial charge in [0.15, 0.2) is 0 Å². The average Bonchev–Trinajstić information content (AvgIpc) is 2.80. The molecule has 1 fully saturated rings. The van der Waals surface area contributed by atoms with Crippen molar-refractivity contribution in [1.82, 2.24) is 9.97 Å². The second-order valence-electron chi connectivity index (χ2n) is 7.72. The number of nitrogens with one attached hydrogen (secondary N) is 2. The van der Waals surface area contributed by atoms with Crippen LogP contribution in [0.25, 0.3) is 0 Å². The van der Waals surface area contributed by atoms with Crippen LogP contribution in [-0.4, -0.2) is 38.6 Å². The van der Waals surface area contributed by atoms with E-state index in [1.807, 2.05) is 13.0 Å². The monoisotopic (exact) mass is 453 g/mol. The van der Waals surface area contributed by atoms with Gasteiger partial charge in [-0.2, -0.15) is 4.98 Å². The smallest absolute Gasteiger partial charge is 0.261 e. The average molecular weight is 454 g/mol. The Balaban J connectivity index is 1.45. The number of anilines is 4. The number of ether oxygens (including phenoxy) is 1. The first-order valence-electron chi connectivity index (χ1n) is 10.6. The molecule has 8 nitrogen and oxygen atoms in total. The molecule has 0 amide bonds. The van der Waals surface area contributed by atoms with Gasteiger partial charge in [-0.3, -0.25) is 4.72 Å². The molecule has 2 aromatic carbocycles. The molecule has 2 heterocycles. The number of benzene rings is 2. The number of aromatic nitrogens is 2. The molecule has 0 radical (unpaired) electrons. The number of hydrogen-bond acceptors (Lipinski definition) is 7. The summed E-state index contributed by atoms with van der Waals surface area (Å²) in [6.45, 7) is 3.98. The molecule has 4 rings (SSSR count). The van der Waals surface area contributed by atoms with E-state index in [1.165, 1.54) is 38.5 Å². The van der Waals surface area contributed by atoms with E-state index in [0.29, 0.717) is 17.4 Å². The van der Waals surface area contributed by atoms with Crippen LogP contribution in [0.3, 0.4) is 0 Å². The van der Waals surface area contributed by atoms with Crippen molar-refractivity contribution in [3.63, 3.8) is 0 Å². The molecule has 0 saturated carbocycles. The second-order valence-corrected chi connectivity index (χ2v) is 9.40. The van der Waals surface area contributed by atoms with Crippen molar-refractivity contribution in [3.05, 3.63) is 60.3 Å². The Morgan fingerprint density at radius 1 is 0.906 bits per heavy atom. The zero-order valence-corrected chi connectivity index (χ0v) is 19.0. The molecule has 0 unspecified atom stereocenters.